The van der Waals surface area contributed by atoms with Crippen LogP contribution < -0.4 is 14.8 Å². The lowest BCUT2D eigenvalue weighted by Gasteiger charge is -2.09. The van der Waals surface area contributed by atoms with Gasteiger partial charge in [0.05, 0.1) is 26.3 Å². The van der Waals surface area contributed by atoms with Crippen molar-refractivity contribution >= 4 is 28.9 Å². The molecule has 0 fully saturated rings. The number of nitrogens with one attached hydrogen (secondary N) is 1. The second kappa shape index (κ2) is 11.3. The van der Waals surface area contributed by atoms with Gasteiger partial charge in [-0.25, -0.2) is 4.98 Å². The molecule has 0 radical (unpaired) electrons. The molecule has 7 nitrogen and oxygen atoms in total. The standard InChI is InChI=1S/C24H26N2O5S/c1-16-4-8-18(9-5-16)25-22(27)13-23-26-19(15-32-23)14-31-24(28)11-7-17-6-10-20(29-2)21(12-17)30-3/h4-6,8-10,12,15H,7,11,13-14H2,1-3H3,(H,25,27). The Kier molecular flexibility index (Phi) is 8.21. The van der Waals surface area contributed by atoms with Gasteiger partial charge in [-0.2, -0.15) is 0 Å². The molecule has 1 aromatic heterocycles. The molecule has 3 aromatic rings. The molecule has 0 saturated heterocycles. The van der Waals surface area contributed by atoms with Gasteiger partial charge < -0.3 is 19.5 Å². The number of methoxy groups -OCH3 is 2. The zero-order valence-corrected chi connectivity index (χ0v) is 19.2. The van der Waals surface area contributed by atoms with Gasteiger partial charge in [-0.05, 0) is 43.2 Å². The Morgan fingerprint density at radius 3 is 2.50 bits per heavy atom. The normalized spacial score (nSPS) is 10.5. The Hall–Kier alpha value is -3.39. The third-order valence-corrected chi connectivity index (χ3v) is 5.59. The number of benzene rings is 2. The smallest absolute Gasteiger partial charge is 0.306 e. The molecular formula is C24H26N2O5S. The lowest BCUT2D eigenvalue weighted by molar-refractivity contribution is -0.145. The summed E-state index contributed by atoms with van der Waals surface area (Å²) in [6, 6.07) is 13.2. The quantitative estimate of drug-likeness (QED) is 0.459. The van der Waals surface area contributed by atoms with Gasteiger partial charge in [0.1, 0.15) is 11.6 Å². The van der Waals surface area contributed by atoms with Crippen LogP contribution in [0.25, 0.3) is 0 Å². The summed E-state index contributed by atoms with van der Waals surface area (Å²) in [5.74, 6) is 0.818. The van der Waals surface area contributed by atoms with Gasteiger partial charge in [0, 0.05) is 17.5 Å². The highest BCUT2D eigenvalue weighted by Crippen LogP contribution is 2.28. The van der Waals surface area contributed by atoms with E-state index in [1.54, 1.807) is 19.6 Å². The fourth-order valence-electron chi connectivity index (χ4n) is 2.98. The largest absolute Gasteiger partial charge is 0.493 e. The van der Waals surface area contributed by atoms with Crippen molar-refractivity contribution in [3.8, 4) is 11.5 Å². The van der Waals surface area contributed by atoms with E-state index >= 15 is 0 Å². The molecule has 8 heteroatoms. The minimum atomic E-state index is -0.313. The van der Waals surface area contributed by atoms with Crippen molar-refractivity contribution < 1.29 is 23.8 Å². The first-order chi connectivity index (χ1) is 15.5. The van der Waals surface area contributed by atoms with E-state index in [9.17, 15) is 9.59 Å². The molecule has 0 unspecified atom stereocenters. The van der Waals surface area contributed by atoms with E-state index in [1.165, 1.54) is 11.3 Å². The molecule has 0 saturated carbocycles. The number of esters is 1. The highest BCUT2D eigenvalue weighted by molar-refractivity contribution is 7.09. The van der Waals surface area contributed by atoms with Gasteiger partial charge in [0.25, 0.3) is 0 Å². The van der Waals surface area contributed by atoms with Crippen LogP contribution in [0.5, 0.6) is 11.5 Å². The number of rotatable bonds is 10. The molecule has 0 atom stereocenters. The fourth-order valence-corrected chi connectivity index (χ4v) is 3.76. The Balaban J connectivity index is 1.43. The Labute approximate surface area is 191 Å². The summed E-state index contributed by atoms with van der Waals surface area (Å²) in [4.78, 5) is 28.7. The molecule has 0 spiro atoms. The van der Waals surface area contributed by atoms with E-state index in [0.717, 1.165) is 16.8 Å². The third kappa shape index (κ3) is 6.81. The van der Waals surface area contributed by atoms with Crippen LogP contribution in [0.2, 0.25) is 0 Å². The van der Waals surface area contributed by atoms with Crippen molar-refractivity contribution in [2.24, 2.45) is 0 Å². The molecule has 3 rings (SSSR count). The number of hydrogen-bond donors (Lipinski definition) is 1. The fraction of sp³-hybridized carbons (Fsp3) is 0.292. The first-order valence-corrected chi connectivity index (χ1v) is 11.0. The van der Waals surface area contributed by atoms with Crippen LogP contribution in [0.15, 0.2) is 47.8 Å². The maximum Gasteiger partial charge on any atom is 0.306 e. The molecule has 0 aliphatic rings. The molecule has 32 heavy (non-hydrogen) atoms. The van der Waals surface area contributed by atoms with E-state index in [4.69, 9.17) is 14.2 Å². The van der Waals surface area contributed by atoms with E-state index < -0.39 is 0 Å². The van der Waals surface area contributed by atoms with Crippen LogP contribution in [-0.4, -0.2) is 31.1 Å². The lowest BCUT2D eigenvalue weighted by Crippen LogP contribution is -2.14. The number of aromatic nitrogens is 1. The van der Waals surface area contributed by atoms with Crippen LogP contribution in [0.3, 0.4) is 0 Å². The highest BCUT2D eigenvalue weighted by Gasteiger charge is 2.11. The first-order valence-electron chi connectivity index (χ1n) is 10.1. The summed E-state index contributed by atoms with van der Waals surface area (Å²) >= 11 is 1.37. The van der Waals surface area contributed by atoms with Crippen LogP contribution in [0.4, 0.5) is 5.69 Å². The number of thiazole rings is 1. The number of amides is 1. The molecular weight excluding hydrogens is 428 g/mol. The molecule has 0 bridgehead atoms. The number of aryl methyl sites for hydroxylation is 2. The molecule has 0 aliphatic heterocycles. The summed E-state index contributed by atoms with van der Waals surface area (Å²) in [7, 11) is 3.15. The molecule has 1 heterocycles. The molecule has 168 valence electrons. The van der Waals surface area contributed by atoms with E-state index in [1.807, 2.05) is 49.4 Å². The number of hydrogen-bond acceptors (Lipinski definition) is 7. The van der Waals surface area contributed by atoms with Crippen molar-refractivity contribution in [3.63, 3.8) is 0 Å². The monoisotopic (exact) mass is 454 g/mol. The second-order valence-corrected chi connectivity index (χ2v) is 8.12. The Bertz CT molecular complexity index is 1060. The zero-order valence-electron chi connectivity index (χ0n) is 18.3. The Morgan fingerprint density at radius 2 is 1.78 bits per heavy atom. The van der Waals surface area contributed by atoms with Crippen LogP contribution in [-0.2, 0) is 33.8 Å². The SMILES string of the molecule is COc1ccc(CCC(=O)OCc2csc(CC(=O)Nc3ccc(C)cc3)n2)cc1OC. The maximum atomic E-state index is 12.2. The van der Waals surface area contributed by atoms with Crippen LogP contribution >= 0.6 is 11.3 Å². The molecule has 1 N–H and O–H groups in total. The number of carbonyl (C=O) groups is 2. The van der Waals surface area contributed by atoms with E-state index in [-0.39, 0.29) is 31.3 Å². The van der Waals surface area contributed by atoms with Crippen molar-refractivity contribution in [2.75, 3.05) is 19.5 Å². The Morgan fingerprint density at radius 1 is 1.03 bits per heavy atom. The van der Waals surface area contributed by atoms with Crippen molar-refractivity contribution in [1.82, 2.24) is 4.98 Å². The summed E-state index contributed by atoms with van der Waals surface area (Å²) in [5.41, 5.74) is 3.47. The van der Waals surface area contributed by atoms with Crippen molar-refractivity contribution in [2.45, 2.75) is 32.8 Å². The van der Waals surface area contributed by atoms with Gasteiger partial charge in [-0.15, -0.1) is 11.3 Å². The van der Waals surface area contributed by atoms with Gasteiger partial charge >= 0.3 is 5.97 Å². The van der Waals surface area contributed by atoms with Gasteiger partial charge in [0.15, 0.2) is 11.5 Å². The number of carbonyl (C=O) groups excluding carboxylic acids is 2. The van der Waals surface area contributed by atoms with Gasteiger partial charge in [0.2, 0.25) is 5.91 Å². The van der Waals surface area contributed by atoms with E-state index in [2.05, 4.69) is 10.3 Å². The molecule has 1 amide bonds. The lowest BCUT2D eigenvalue weighted by atomic mass is 10.1. The van der Waals surface area contributed by atoms with Gasteiger partial charge in [-0.1, -0.05) is 23.8 Å². The number of nitrogens with zero attached hydrogens (tertiary/aromatic N) is 1. The molecule has 2 aromatic carbocycles. The number of ether oxygens (including phenoxy) is 3. The average Bonchev–Trinajstić information content (AvgIpc) is 3.24. The minimum Gasteiger partial charge on any atom is -0.493 e. The summed E-state index contributed by atoms with van der Waals surface area (Å²) in [6.07, 6.45) is 0.942. The predicted molar refractivity (Wildman–Crippen MR) is 123 cm³/mol. The third-order valence-electron chi connectivity index (χ3n) is 4.69. The molecule has 0 aliphatic carbocycles. The summed E-state index contributed by atoms with van der Waals surface area (Å²) in [6.45, 7) is 2.08. The van der Waals surface area contributed by atoms with Gasteiger partial charge in [-0.3, -0.25) is 9.59 Å². The van der Waals surface area contributed by atoms with Crippen molar-refractivity contribution in [3.05, 3.63) is 69.7 Å². The minimum absolute atomic E-state index is 0.0842. The number of anilines is 1. The highest BCUT2D eigenvalue weighted by atomic mass is 32.1. The van der Waals surface area contributed by atoms with Crippen molar-refractivity contribution in [1.29, 1.82) is 0 Å². The second-order valence-electron chi connectivity index (χ2n) is 7.17. The zero-order chi connectivity index (χ0) is 22.9. The van der Waals surface area contributed by atoms with Crippen LogP contribution in [0.1, 0.15) is 28.2 Å². The van der Waals surface area contributed by atoms with Crippen LogP contribution in [0, 0.1) is 6.92 Å². The summed E-state index contributed by atoms with van der Waals surface area (Å²) < 4.78 is 15.8. The topological polar surface area (TPSA) is 86.8 Å². The summed E-state index contributed by atoms with van der Waals surface area (Å²) in [5, 5.41) is 5.32. The first kappa shape index (κ1) is 23.3. The average molecular weight is 455 g/mol. The maximum absolute atomic E-state index is 12.2. The predicted octanol–water partition coefficient (Wildman–Crippen LogP) is 4.33. The van der Waals surface area contributed by atoms with E-state index in [0.29, 0.717) is 28.6 Å².